The van der Waals surface area contributed by atoms with Crippen molar-refractivity contribution in [2.24, 2.45) is 0 Å². The molecule has 6 nitrogen and oxygen atoms in total. The van der Waals surface area contributed by atoms with Gasteiger partial charge in [-0.1, -0.05) is 11.6 Å². The molecule has 7 heteroatoms. The summed E-state index contributed by atoms with van der Waals surface area (Å²) in [6.45, 7) is 1.86. The number of likely N-dealkylation sites (N-methyl/N-ethyl adjacent to an activating group) is 1. The van der Waals surface area contributed by atoms with Crippen LogP contribution in [0.25, 0.3) is 0 Å². The molecule has 1 aromatic carbocycles. The molecule has 0 saturated carbocycles. The third kappa shape index (κ3) is 3.90. The summed E-state index contributed by atoms with van der Waals surface area (Å²) in [4.78, 5) is 28.0. The Labute approximate surface area is 135 Å². The molecular weight excluding hydrogens is 304 g/mol. The van der Waals surface area contributed by atoms with E-state index >= 15 is 0 Å². The van der Waals surface area contributed by atoms with Crippen molar-refractivity contribution in [1.29, 1.82) is 0 Å². The van der Waals surface area contributed by atoms with Crippen LogP contribution < -0.4 is 11.1 Å². The summed E-state index contributed by atoms with van der Waals surface area (Å²) in [6.07, 6.45) is 1.75. The van der Waals surface area contributed by atoms with Crippen LogP contribution >= 0.6 is 11.6 Å². The first-order chi connectivity index (χ1) is 10.4. The number of nitrogens with two attached hydrogens (primary N) is 1. The second-order valence-corrected chi connectivity index (χ2v) is 6.05. The van der Waals surface area contributed by atoms with Gasteiger partial charge >= 0.3 is 11.8 Å². The van der Waals surface area contributed by atoms with E-state index in [2.05, 4.69) is 17.3 Å². The third-order valence-electron chi connectivity index (χ3n) is 4.01. The molecule has 1 heterocycles. The van der Waals surface area contributed by atoms with Gasteiger partial charge in [-0.05, 0) is 51.2 Å². The molecule has 22 heavy (non-hydrogen) atoms. The number of nitrogen functional groups attached to an aromatic ring is 1. The molecular formula is C15H21ClN4O2. The van der Waals surface area contributed by atoms with E-state index in [1.807, 2.05) is 0 Å². The molecule has 1 aliphatic heterocycles. The van der Waals surface area contributed by atoms with E-state index in [4.69, 9.17) is 17.3 Å². The monoisotopic (exact) mass is 324 g/mol. The maximum absolute atomic E-state index is 12.2. The molecule has 1 fully saturated rings. The Bertz CT molecular complexity index is 571. The fourth-order valence-corrected chi connectivity index (χ4v) is 2.68. The zero-order valence-electron chi connectivity index (χ0n) is 12.8. The minimum Gasteiger partial charge on any atom is -0.398 e. The Morgan fingerprint density at radius 1 is 1.36 bits per heavy atom. The number of halogens is 1. The Balaban J connectivity index is 1.96. The van der Waals surface area contributed by atoms with E-state index in [9.17, 15) is 9.59 Å². The highest BCUT2D eigenvalue weighted by molar-refractivity contribution is 6.40. The molecule has 3 N–H and O–H groups in total. The van der Waals surface area contributed by atoms with Crippen molar-refractivity contribution in [2.45, 2.75) is 18.9 Å². The summed E-state index contributed by atoms with van der Waals surface area (Å²) in [7, 11) is 3.73. The molecule has 0 radical (unpaired) electrons. The number of benzene rings is 1. The minimum absolute atomic E-state index is 0.101. The van der Waals surface area contributed by atoms with Crippen molar-refractivity contribution in [3.63, 3.8) is 0 Å². The van der Waals surface area contributed by atoms with Crippen LogP contribution in [0.1, 0.15) is 12.8 Å². The van der Waals surface area contributed by atoms with Crippen molar-refractivity contribution >= 4 is 34.8 Å². The maximum atomic E-state index is 12.2. The van der Waals surface area contributed by atoms with Crippen molar-refractivity contribution in [3.05, 3.63) is 23.2 Å². The molecule has 0 spiro atoms. The van der Waals surface area contributed by atoms with Crippen molar-refractivity contribution in [3.8, 4) is 0 Å². The molecule has 0 bridgehead atoms. The number of carbonyl (C=O) groups excluding carboxylic acids is 2. The van der Waals surface area contributed by atoms with Crippen LogP contribution in [0.15, 0.2) is 18.2 Å². The highest BCUT2D eigenvalue weighted by Gasteiger charge is 2.27. The van der Waals surface area contributed by atoms with E-state index in [1.165, 1.54) is 11.0 Å². The average Bonchev–Trinajstić information content (AvgIpc) is 2.50. The van der Waals surface area contributed by atoms with Crippen LogP contribution in [0, 0.1) is 0 Å². The van der Waals surface area contributed by atoms with Crippen LogP contribution in [0.3, 0.4) is 0 Å². The maximum Gasteiger partial charge on any atom is 0.313 e. The first-order valence-electron chi connectivity index (χ1n) is 7.20. The van der Waals surface area contributed by atoms with Gasteiger partial charge in [-0.15, -0.1) is 0 Å². The van der Waals surface area contributed by atoms with Crippen molar-refractivity contribution in [2.75, 3.05) is 38.2 Å². The average molecular weight is 325 g/mol. The molecule has 0 atom stereocenters. The van der Waals surface area contributed by atoms with Gasteiger partial charge in [-0.3, -0.25) is 9.59 Å². The molecule has 0 aliphatic carbocycles. The van der Waals surface area contributed by atoms with E-state index < -0.39 is 11.8 Å². The summed E-state index contributed by atoms with van der Waals surface area (Å²) in [6, 6.07) is 4.83. The third-order valence-corrected chi connectivity index (χ3v) is 4.34. The van der Waals surface area contributed by atoms with Gasteiger partial charge in [-0.2, -0.15) is 0 Å². The SMILES string of the molecule is CN1CCC(N(C)C(=O)C(=O)Nc2ccc(N)c(Cl)c2)CC1. The van der Waals surface area contributed by atoms with Gasteiger partial charge in [0.15, 0.2) is 0 Å². The van der Waals surface area contributed by atoms with E-state index in [0.29, 0.717) is 16.4 Å². The Hall–Kier alpha value is -1.79. The number of rotatable bonds is 2. The molecule has 0 aromatic heterocycles. The fourth-order valence-electron chi connectivity index (χ4n) is 2.50. The number of anilines is 2. The summed E-state index contributed by atoms with van der Waals surface area (Å²) in [5.41, 5.74) is 6.49. The predicted octanol–water partition coefficient (Wildman–Crippen LogP) is 1.41. The standard InChI is InChI=1S/C15H21ClN4O2/c1-19-7-5-11(6-8-19)20(2)15(22)14(21)18-10-3-4-13(17)12(16)9-10/h3-4,9,11H,5-8,17H2,1-2H3,(H,18,21). The van der Waals surface area contributed by atoms with E-state index in [-0.39, 0.29) is 6.04 Å². The lowest BCUT2D eigenvalue weighted by Gasteiger charge is -2.34. The quantitative estimate of drug-likeness (QED) is 0.637. The van der Waals surface area contributed by atoms with Crippen LogP contribution in [-0.2, 0) is 9.59 Å². The van der Waals surface area contributed by atoms with Crippen LogP contribution in [0.4, 0.5) is 11.4 Å². The summed E-state index contributed by atoms with van der Waals surface area (Å²) < 4.78 is 0. The van der Waals surface area contributed by atoms with Gasteiger partial charge in [0, 0.05) is 18.8 Å². The molecule has 2 amide bonds. The smallest absolute Gasteiger partial charge is 0.313 e. The van der Waals surface area contributed by atoms with Crippen molar-refractivity contribution in [1.82, 2.24) is 9.80 Å². The first-order valence-corrected chi connectivity index (χ1v) is 7.58. The highest BCUT2D eigenvalue weighted by Crippen LogP contribution is 2.22. The number of piperidine rings is 1. The van der Waals surface area contributed by atoms with Gasteiger partial charge in [0.05, 0.1) is 10.7 Å². The summed E-state index contributed by atoms with van der Waals surface area (Å²) in [5, 5.41) is 2.90. The molecule has 120 valence electrons. The van der Waals surface area contributed by atoms with Gasteiger partial charge in [0.1, 0.15) is 0 Å². The van der Waals surface area contributed by atoms with Crippen LogP contribution in [-0.4, -0.2) is 54.8 Å². The fraction of sp³-hybridized carbons (Fsp3) is 0.467. The zero-order chi connectivity index (χ0) is 16.3. The lowest BCUT2D eigenvalue weighted by atomic mass is 10.0. The largest absolute Gasteiger partial charge is 0.398 e. The number of carbonyl (C=O) groups is 2. The second kappa shape index (κ2) is 6.98. The number of amides is 2. The Kier molecular flexibility index (Phi) is 5.26. The summed E-state index contributed by atoms with van der Waals surface area (Å²) >= 11 is 5.90. The number of likely N-dealkylation sites (tertiary alicyclic amines) is 1. The second-order valence-electron chi connectivity index (χ2n) is 5.64. The Morgan fingerprint density at radius 2 is 2.00 bits per heavy atom. The van der Waals surface area contributed by atoms with Gasteiger partial charge < -0.3 is 20.9 Å². The molecule has 1 saturated heterocycles. The highest BCUT2D eigenvalue weighted by atomic mass is 35.5. The van der Waals surface area contributed by atoms with Crippen LogP contribution in [0.2, 0.25) is 5.02 Å². The molecule has 1 aliphatic rings. The number of nitrogens with one attached hydrogen (secondary N) is 1. The predicted molar refractivity (Wildman–Crippen MR) is 87.8 cm³/mol. The zero-order valence-corrected chi connectivity index (χ0v) is 13.6. The molecule has 0 unspecified atom stereocenters. The van der Waals surface area contributed by atoms with Gasteiger partial charge in [-0.25, -0.2) is 0 Å². The summed E-state index contributed by atoms with van der Waals surface area (Å²) in [5.74, 6) is -1.20. The van der Waals surface area contributed by atoms with Gasteiger partial charge in [0.25, 0.3) is 0 Å². The first kappa shape index (κ1) is 16.6. The minimum atomic E-state index is -0.665. The van der Waals surface area contributed by atoms with E-state index in [1.54, 1.807) is 19.2 Å². The van der Waals surface area contributed by atoms with Gasteiger partial charge in [0.2, 0.25) is 0 Å². The number of hydrogen-bond donors (Lipinski definition) is 2. The Morgan fingerprint density at radius 3 is 2.59 bits per heavy atom. The lowest BCUT2D eigenvalue weighted by molar-refractivity contribution is -0.144. The number of hydrogen-bond acceptors (Lipinski definition) is 4. The lowest BCUT2D eigenvalue weighted by Crippen LogP contribution is -2.47. The topological polar surface area (TPSA) is 78.7 Å². The van der Waals surface area contributed by atoms with E-state index in [0.717, 1.165) is 25.9 Å². The molecule has 2 rings (SSSR count). The van der Waals surface area contributed by atoms with Crippen LogP contribution in [0.5, 0.6) is 0 Å². The van der Waals surface area contributed by atoms with Crippen molar-refractivity contribution < 1.29 is 9.59 Å². The normalized spacial score (nSPS) is 16.3. The molecule has 1 aromatic rings. The number of nitrogens with zero attached hydrogens (tertiary/aromatic N) is 2.